The molecule has 0 heterocycles. The van der Waals surface area contributed by atoms with Gasteiger partial charge in [0, 0.05) is 21.1 Å². The van der Waals surface area contributed by atoms with E-state index in [9.17, 15) is 4.79 Å². The molecule has 2 amide bonds. The van der Waals surface area contributed by atoms with Crippen LogP contribution >= 0.6 is 0 Å². The number of nitrogens with one attached hydrogen (secondary N) is 1. The highest BCUT2D eigenvalue weighted by molar-refractivity contribution is 5.72. The van der Waals surface area contributed by atoms with Gasteiger partial charge in [0.1, 0.15) is 0 Å². The van der Waals surface area contributed by atoms with Crippen LogP contribution in [0.3, 0.4) is 0 Å². The summed E-state index contributed by atoms with van der Waals surface area (Å²) in [5.41, 5.74) is 2.44. The molecule has 3 N–H and O–H groups in total. The Balaban J connectivity index is 3.51. The van der Waals surface area contributed by atoms with Gasteiger partial charge in [-0.25, -0.2) is 15.6 Å². The van der Waals surface area contributed by atoms with Crippen LogP contribution in [0.1, 0.15) is 0 Å². The van der Waals surface area contributed by atoms with E-state index in [0.717, 1.165) is 5.01 Å². The van der Waals surface area contributed by atoms with Crippen molar-refractivity contribution < 1.29 is 4.79 Å². The van der Waals surface area contributed by atoms with E-state index >= 15 is 0 Å². The molecule has 0 fully saturated rings. The van der Waals surface area contributed by atoms with Crippen molar-refractivity contribution in [2.75, 3.05) is 21.1 Å². The fourth-order valence-electron chi connectivity index (χ4n) is 0.270. The van der Waals surface area contributed by atoms with Gasteiger partial charge >= 0.3 is 6.03 Å². The van der Waals surface area contributed by atoms with E-state index in [-0.39, 0.29) is 6.03 Å². The Morgan fingerprint density at radius 1 is 1.44 bits per heavy atom. The minimum atomic E-state index is -0.333. The summed E-state index contributed by atoms with van der Waals surface area (Å²) in [6.45, 7) is 0. The molecule has 0 rings (SSSR count). The van der Waals surface area contributed by atoms with Crippen molar-refractivity contribution >= 4 is 6.03 Å². The molecule has 0 bridgehead atoms. The lowest BCUT2D eigenvalue weighted by Gasteiger charge is -2.15. The van der Waals surface area contributed by atoms with Crippen LogP contribution in [0.4, 0.5) is 4.79 Å². The second-order valence-corrected chi connectivity index (χ2v) is 1.92. The van der Waals surface area contributed by atoms with Crippen molar-refractivity contribution in [3.05, 3.63) is 0 Å². The highest BCUT2D eigenvalue weighted by Crippen LogP contribution is 1.72. The van der Waals surface area contributed by atoms with Crippen molar-refractivity contribution in [1.82, 2.24) is 15.4 Å². The molecule has 9 heavy (non-hydrogen) atoms. The number of nitrogens with two attached hydrogens (primary N) is 1. The van der Waals surface area contributed by atoms with E-state index in [1.165, 1.54) is 12.1 Å². The van der Waals surface area contributed by atoms with E-state index in [0.29, 0.717) is 0 Å². The van der Waals surface area contributed by atoms with Gasteiger partial charge < -0.3 is 0 Å². The molecule has 0 saturated heterocycles. The first-order chi connectivity index (χ1) is 4.04. The second-order valence-electron chi connectivity index (χ2n) is 1.92. The number of urea groups is 1. The molecule has 0 atom stereocenters. The quantitative estimate of drug-likeness (QED) is 0.273. The lowest BCUT2D eigenvalue weighted by molar-refractivity contribution is 0.181. The summed E-state index contributed by atoms with van der Waals surface area (Å²) in [5.74, 6) is 5.08. The summed E-state index contributed by atoms with van der Waals surface area (Å²) in [6, 6.07) is -0.333. The topological polar surface area (TPSA) is 61.6 Å². The Bertz CT molecular complexity index is 101. The Morgan fingerprint density at radius 2 is 1.89 bits per heavy atom. The molecular formula is C4H12N4O. The number of hydrogen-bond acceptors (Lipinski definition) is 3. The van der Waals surface area contributed by atoms with Gasteiger partial charge in [-0.05, 0) is 0 Å². The lowest BCUT2D eigenvalue weighted by atomic mass is 10.9. The Hall–Kier alpha value is -0.810. The van der Waals surface area contributed by atoms with E-state index in [1.54, 1.807) is 14.1 Å². The van der Waals surface area contributed by atoms with Gasteiger partial charge in [0.2, 0.25) is 0 Å². The third-order valence-electron chi connectivity index (χ3n) is 0.640. The Morgan fingerprint density at radius 3 is 2.00 bits per heavy atom. The zero-order valence-electron chi connectivity index (χ0n) is 5.88. The molecule has 5 heteroatoms. The molecule has 0 aliphatic heterocycles. The zero-order chi connectivity index (χ0) is 7.44. The monoisotopic (exact) mass is 132 g/mol. The Labute approximate surface area is 54.3 Å². The normalized spacial score (nSPS) is 9.44. The fourth-order valence-corrected chi connectivity index (χ4v) is 0.270. The van der Waals surface area contributed by atoms with Crippen molar-refractivity contribution in [2.45, 2.75) is 0 Å². The average molecular weight is 132 g/mol. The maximum atomic E-state index is 10.6. The smallest absolute Gasteiger partial charge is 0.270 e. The maximum Gasteiger partial charge on any atom is 0.345 e. The van der Waals surface area contributed by atoms with Gasteiger partial charge in [0.15, 0.2) is 0 Å². The van der Waals surface area contributed by atoms with Gasteiger partial charge in [0.25, 0.3) is 0 Å². The van der Waals surface area contributed by atoms with Crippen LogP contribution < -0.4 is 11.3 Å². The van der Waals surface area contributed by atoms with Crippen LogP contribution in [0.25, 0.3) is 0 Å². The van der Waals surface area contributed by atoms with Gasteiger partial charge in [0.05, 0.1) is 0 Å². The molecule has 0 aliphatic rings. The number of hydrogen-bond donors (Lipinski definition) is 2. The summed E-state index contributed by atoms with van der Waals surface area (Å²) in [4.78, 5) is 10.6. The molecule has 5 nitrogen and oxygen atoms in total. The van der Waals surface area contributed by atoms with E-state index in [1.807, 2.05) is 0 Å². The molecule has 0 spiro atoms. The molecule has 0 unspecified atom stereocenters. The minimum Gasteiger partial charge on any atom is -0.270 e. The van der Waals surface area contributed by atoms with E-state index in [4.69, 9.17) is 5.84 Å². The predicted molar refractivity (Wildman–Crippen MR) is 34.2 cm³/mol. The van der Waals surface area contributed by atoms with Crippen molar-refractivity contribution in [3.63, 3.8) is 0 Å². The van der Waals surface area contributed by atoms with Crippen LogP contribution in [-0.4, -0.2) is 37.2 Å². The second kappa shape index (κ2) is 3.26. The first-order valence-corrected chi connectivity index (χ1v) is 2.50. The third-order valence-corrected chi connectivity index (χ3v) is 0.640. The highest BCUT2D eigenvalue weighted by Gasteiger charge is 2.01. The van der Waals surface area contributed by atoms with Crippen molar-refractivity contribution in [1.29, 1.82) is 0 Å². The van der Waals surface area contributed by atoms with Crippen molar-refractivity contribution in [2.24, 2.45) is 5.84 Å². The van der Waals surface area contributed by atoms with E-state index in [2.05, 4.69) is 5.43 Å². The molecule has 0 radical (unpaired) electrons. The van der Waals surface area contributed by atoms with Crippen LogP contribution in [-0.2, 0) is 0 Å². The standard InChI is InChI=1S/C4H12N4O/c1-7(2)6-4(9)8(3)5/h5H2,1-3H3,(H,6,9). The number of carbonyl (C=O) groups is 1. The summed E-state index contributed by atoms with van der Waals surface area (Å²) in [5, 5.41) is 2.49. The highest BCUT2D eigenvalue weighted by atomic mass is 16.2. The number of rotatable bonds is 1. The molecule has 0 aromatic heterocycles. The number of amides is 2. The number of hydrazine groups is 2. The lowest BCUT2D eigenvalue weighted by Crippen LogP contribution is -2.47. The van der Waals surface area contributed by atoms with Gasteiger partial charge in [-0.1, -0.05) is 0 Å². The predicted octanol–water partition coefficient (Wildman–Crippen LogP) is -1.02. The third kappa shape index (κ3) is 3.75. The Kier molecular flexibility index (Phi) is 2.97. The first kappa shape index (κ1) is 8.19. The minimum absolute atomic E-state index is 0.333. The molecule has 54 valence electrons. The molecule has 0 saturated carbocycles. The fraction of sp³-hybridized carbons (Fsp3) is 0.750. The first-order valence-electron chi connectivity index (χ1n) is 2.50. The van der Waals surface area contributed by atoms with Crippen LogP contribution in [0.2, 0.25) is 0 Å². The van der Waals surface area contributed by atoms with Crippen LogP contribution in [0, 0.1) is 0 Å². The average Bonchev–Trinajstić information content (AvgIpc) is 1.63. The van der Waals surface area contributed by atoms with Crippen LogP contribution in [0.15, 0.2) is 0 Å². The SMILES string of the molecule is CN(C)NC(=O)N(C)N. The number of nitrogens with zero attached hydrogens (tertiary/aromatic N) is 2. The van der Waals surface area contributed by atoms with E-state index < -0.39 is 0 Å². The summed E-state index contributed by atoms with van der Waals surface area (Å²) in [7, 11) is 4.89. The zero-order valence-corrected chi connectivity index (χ0v) is 5.88. The van der Waals surface area contributed by atoms with Crippen molar-refractivity contribution in [3.8, 4) is 0 Å². The summed E-state index contributed by atoms with van der Waals surface area (Å²) >= 11 is 0. The molecule has 0 aromatic carbocycles. The van der Waals surface area contributed by atoms with Gasteiger partial charge in [-0.15, -0.1) is 0 Å². The maximum absolute atomic E-state index is 10.6. The molecule has 0 aliphatic carbocycles. The molecular weight excluding hydrogens is 120 g/mol. The van der Waals surface area contributed by atoms with Crippen LogP contribution in [0.5, 0.6) is 0 Å². The van der Waals surface area contributed by atoms with Gasteiger partial charge in [-0.2, -0.15) is 0 Å². The number of carbonyl (C=O) groups excluding carboxylic acids is 1. The molecule has 0 aromatic rings. The largest absolute Gasteiger partial charge is 0.345 e. The summed E-state index contributed by atoms with van der Waals surface area (Å²) < 4.78 is 0. The van der Waals surface area contributed by atoms with Gasteiger partial charge in [-0.3, -0.25) is 10.4 Å². The summed E-state index contributed by atoms with van der Waals surface area (Å²) in [6.07, 6.45) is 0.